The first-order valence-corrected chi connectivity index (χ1v) is 6.63. The van der Waals surface area contributed by atoms with E-state index >= 15 is 0 Å². The van der Waals surface area contributed by atoms with Crippen LogP contribution in [0.25, 0.3) is 0 Å². The number of thiazole rings is 1. The molecule has 5 nitrogen and oxygen atoms in total. The van der Waals surface area contributed by atoms with Gasteiger partial charge in [-0.15, -0.1) is 11.3 Å². The van der Waals surface area contributed by atoms with E-state index in [1.54, 1.807) is 22.2 Å². The van der Waals surface area contributed by atoms with Gasteiger partial charge in [-0.2, -0.15) is 5.10 Å². The molecule has 0 atom stereocenters. The van der Waals surface area contributed by atoms with E-state index in [2.05, 4.69) is 15.4 Å². The zero-order chi connectivity index (χ0) is 13.1. The molecular weight excluding hydrogens is 248 g/mol. The number of carbonyl (C=O) groups is 1. The molecule has 1 amide bonds. The maximum absolute atomic E-state index is 11.9. The van der Waals surface area contributed by atoms with Gasteiger partial charge in [0.1, 0.15) is 0 Å². The molecule has 0 aliphatic rings. The molecule has 6 heteroatoms. The molecule has 0 saturated heterocycles. The Kier molecular flexibility index (Phi) is 3.76. The van der Waals surface area contributed by atoms with Crippen molar-refractivity contribution in [3.8, 4) is 0 Å². The molecule has 0 spiro atoms. The number of hydrogen-bond donors (Lipinski definition) is 1. The molecule has 0 unspecified atom stereocenters. The van der Waals surface area contributed by atoms with Crippen LogP contribution in [0.4, 0.5) is 0 Å². The van der Waals surface area contributed by atoms with Crippen molar-refractivity contribution >= 4 is 17.2 Å². The quantitative estimate of drug-likeness (QED) is 0.909. The molecule has 0 aliphatic heterocycles. The van der Waals surface area contributed by atoms with Crippen molar-refractivity contribution in [1.29, 1.82) is 0 Å². The average molecular weight is 264 g/mol. The minimum Gasteiger partial charge on any atom is -0.352 e. The Labute approximate surface area is 110 Å². The van der Waals surface area contributed by atoms with Gasteiger partial charge in [0.25, 0.3) is 5.91 Å². The van der Waals surface area contributed by atoms with E-state index in [9.17, 15) is 4.79 Å². The molecule has 0 radical (unpaired) electrons. The van der Waals surface area contributed by atoms with E-state index in [-0.39, 0.29) is 5.91 Å². The number of aromatic nitrogens is 3. The molecule has 1 N–H and O–H groups in total. The van der Waals surface area contributed by atoms with Gasteiger partial charge < -0.3 is 5.32 Å². The third-order valence-electron chi connectivity index (χ3n) is 2.74. The third kappa shape index (κ3) is 2.76. The molecule has 2 aromatic heterocycles. The SMILES string of the molecule is Cc1nn(C)cc1C(=O)NCCc1scnc1C. The summed E-state index contributed by atoms with van der Waals surface area (Å²) in [6, 6.07) is 0. The van der Waals surface area contributed by atoms with Gasteiger partial charge in [-0.05, 0) is 13.8 Å². The number of nitrogens with zero attached hydrogens (tertiary/aromatic N) is 3. The first-order chi connectivity index (χ1) is 8.58. The number of amides is 1. The van der Waals surface area contributed by atoms with Crippen molar-refractivity contribution in [2.75, 3.05) is 6.54 Å². The molecule has 0 aromatic carbocycles. The van der Waals surface area contributed by atoms with E-state index in [0.29, 0.717) is 12.1 Å². The molecule has 2 rings (SSSR count). The van der Waals surface area contributed by atoms with E-state index in [4.69, 9.17) is 0 Å². The summed E-state index contributed by atoms with van der Waals surface area (Å²) in [4.78, 5) is 17.3. The number of nitrogens with one attached hydrogen (secondary N) is 1. The predicted molar refractivity (Wildman–Crippen MR) is 70.8 cm³/mol. The normalized spacial score (nSPS) is 10.6. The van der Waals surface area contributed by atoms with Gasteiger partial charge in [-0.3, -0.25) is 9.48 Å². The molecule has 2 heterocycles. The first-order valence-electron chi connectivity index (χ1n) is 5.75. The van der Waals surface area contributed by atoms with Crippen LogP contribution in [-0.2, 0) is 13.5 Å². The second-order valence-corrected chi connectivity index (χ2v) is 5.11. The van der Waals surface area contributed by atoms with E-state index < -0.39 is 0 Å². The van der Waals surface area contributed by atoms with Crippen LogP contribution in [0.5, 0.6) is 0 Å². The highest BCUT2D eigenvalue weighted by Gasteiger charge is 2.12. The summed E-state index contributed by atoms with van der Waals surface area (Å²) >= 11 is 1.63. The molecule has 0 fully saturated rings. The number of aryl methyl sites for hydroxylation is 3. The number of hydrogen-bond acceptors (Lipinski definition) is 4. The molecule has 0 saturated carbocycles. The van der Waals surface area contributed by atoms with Crippen LogP contribution in [0.2, 0.25) is 0 Å². The van der Waals surface area contributed by atoms with Gasteiger partial charge in [-0.1, -0.05) is 0 Å². The average Bonchev–Trinajstić information content (AvgIpc) is 2.85. The number of carbonyl (C=O) groups excluding carboxylic acids is 1. The predicted octanol–water partition coefficient (Wildman–Crippen LogP) is 1.47. The number of rotatable bonds is 4. The van der Waals surface area contributed by atoms with Crippen molar-refractivity contribution in [3.63, 3.8) is 0 Å². The lowest BCUT2D eigenvalue weighted by molar-refractivity contribution is 0.0953. The molecular formula is C12H16N4OS. The topological polar surface area (TPSA) is 59.8 Å². The summed E-state index contributed by atoms with van der Waals surface area (Å²) in [7, 11) is 1.81. The Morgan fingerprint density at radius 1 is 1.44 bits per heavy atom. The maximum Gasteiger partial charge on any atom is 0.254 e. The maximum atomic E-state index is 11.9. The van der Waals surface area contributed by atoms with Gasteiger partial charge in [0, 0.05) is 31.1 Å². The fourth-order valence-corrected chi connectivity index (χ4v) is 2.55. The zero-order valence-electron chi connectivity index (χ0n) is 10.7. The molecule has 96 valence electrons. The Morgan fingerprint density at radius 2 is 2.22 bits per heavy atom. The zero-order valence-corrected chi connectivity index (χ0v) is 11.5. The van der Waals surface area contributed by atoms with Gasteiger partial charge in [0.2, 0.25) is 0 Å². The van der Waals surface area contributed by atoms with Gasteiger partial charge in [-0.25, -0.2) is 4.98 Å². The fraction of sp³-hybridized carbons (Fsp3) is 0.417. The highest BCUT2D eigenvalue weighted by molar-refractivity contribution is 7.09. The monoisotopic (exact) mass is 264 g/mol. The third-order valence-corrected chi connectivity index (χ3v) is 3.74. The summed E-state index contributed by atoms with van der Waals surface area (Å²) < 4.78 is 1.65. The second kappa shape index (κ2) is 5.30. The highest BCUT2D eigenvalue weighted by atomic mass is 32.1. The molecule has 0 aliphatic carbocycles. The molecule has 18 heavy (non-hydrogen) atoms. The van der Waals surface area contributed by atoms with E-state index in [1.807, 2.05) is 26.4 Å². The Hall–Kier alpha value is -1.69. The van der Waals surface area contributed by atoms with E-state index in [0.717, 1.165) is 17.8 Å². The van der Waals surface area contributed by atoms with Crippen LogP contribution in [-0.4, -0.2) is 27.2 Å². The van der Waals surface area contributed by atoms with Crippen molar-refractivity contribution in [2.45, 2.75) is 20.3 Å². The minimum absolute atomic E-state index is 0.0669. The van der Waals surface area contributed by atoms with Crippen LogP contribution >= 0.6 is 11.3 Å². The van der Waals surface area contributed by atoms with Crippen LogP contribution in [0.15, 0.2) is 11.7 Å². The van der Waals surface area contributed by atoms with Crippen LogP contribution < -0.4 is 5.32 Å². The van der Waals surface area contributed by atoms with E-state index in [1.165, 1.54) is 4.88 Å². The Morgan fingerprint density at radius 3 is 2.78 bits per heavy atom. The van der Waals surface area contributed by atoms with Gasteiger partial charge in [0.05, 0.1) is 22.5 Å². The smallest absolute Gasteiger partial charge is 0.254 e. The van der Waals surface area contributed by atoms with Crippen molar-refractivity contribution < 1.29 is 4.79 Å². The minimum atomic E-state index is -0.0669. The fourth-order valence-electron chi connectivity index (χ4n) is 1.77. The van der Waals surface area contributed by atoms with Crippen molar-refractivity contribution in [1.82, 2.24) is 20.1 Å². The molecule has 0 bridgehead atoms. The Bertz CT molecular complexity index is 558. The van der Waals surface area contributed by atoms with Gasteiger partial charge in [0.15, 0.2) is 0 Å². The molecule has 2 aromatic rings. The van der Waals surface area contributed by atoms with Gasteiger partial charge >= 0.3 is 0 Å². The summed E-state index contributed by atoms with van der Waals surface area (Å²) in [6.45, 7) is 4.44. The standard InChI is InChI=1S/C12H16N4OS/c1-8-10(6-16(3)15-8)12(17)13-5-4-11-9(2)14-7-18-11/h6-7H,4-5H2,1-3H3,(H,13,17). The first kappa shape index (κ1) is 12.8. The van der Waals surface area contributed by atoms with Crippen LogP contribution in [0, 0.1) is 13.8 Å². The van der Waals surface area contributed by atoms with Crippen molar-refractivity contribution in [3.05, 3.63) is 33.5 Å². The summed E-state index contributed by atoms with van der Waals surface area (Å²) in [5, 5.41) is 7.06. The lowest BCUT2D eigenvalue weighted by Crippen LogP contribution is -2.25. The lowest BCUT2D eigenvalue weighted by Gasteiger charge is -2.03. The summed E-state index contributed by atoms with van der Waals surface area (Å²) in [6.07, 6.45) is 2.56. The second-order valence-electron chi connectivity index (χ2n) is 4.17. The van der Waals surface area contributed by atoms with Crippen LogP contribution in [0.3, 0.4) is 0 Å². The van der Waals surface area contributed by atoms with Crippen LogP contribution in [0.1, 0.15) is 26.6 Å². The summed E-state index contributed by atoms with van der Waals surface area (Å²) in [5.41, 5.74) is 4.27. The highest BCUT2D eigenvalue weighted by Crippen LogP contribution is 2.12. The largest absolute Gasteiger partial charge is 0.352 e. The Balaban J connectivity index is 1.89. The lowest BCUT2D eigenvalue weighted by atomic mass is 10.2. The van der Waals surface area contributed by atoms with Crippen molar-refractivity contribution in [2.24, 2.45) is 7.05 Å². The summed E-state index contributed by atoms with van der Waals surface area (Å²) in [5.74, 6) is -0.0669.